The second-order valence-corrected chi connectivity index (χ2v) is 9.68. The molecule has 4 aromatic rings. The number of fused-ring (bicyclic) bond motifs is 1. The number of hydrogen-bond donors (Lipinski definition) is 4. The van der Waals surface area contributed by atoms with Crippen molar-refractivity contribution in [1.82, 2.24) is 34.7 Å². The number of nitrogens with two attached hydrogens (primary N) is 1. The van der Waals surface area contributed by atoms with E-state index in [-0.39, 0.29) is 35.7 Å². The standard InChI is InChI=1S/C26H29N11O4/c27-26-30-24-23(25(40)31-26)19(33-37(24)22-11-20(39)21(15-38)41-22)6-4-2-1-3-5-18-14-36(35-32-18)13-17-9-7-16(8-10-17)12-29-34-28/h7-10,14,20-22,38-39H,1-3,5,11-13,15H2,(H3,27,30,31,40)/t20-,21+,22+/m0/s1. The van der Waals surface area contributed by atoms with E-state index >= 15 is 0 Å². The first kappa shape index (κ1) is 27.8. The third kappa shape index (κ3) is 6.53. The molecule has 0 spiro atoms. The second-order valence-electron chi connectivity index (χ2n) is 9.68. The number of aryl methyl sites for hydroxylation is 1. The number of nitrogens with zero attached hydrogens (tertiary/aromatic N) is 9. The minimum atomic E-state index is -0.873. The van der Waals surface area contributed by atoms with Gasteiger partial charge in [-0.25, -0.2) is 9.36 Å². The second kappa shape index (κ2) is 12.6. The summed E-state index contributed by atoms with van der Waals surface area (Å²) in [4.78, 5) is 22.1. The highest BCUT2D eigenvalue weighted by atomic mass is 16.5. The number of aromatic nitrogens is 7. The fourth-order valence-corrected chi connectivity index (χ4v) is 4.63. The average Bonchev–Trinajstić information content (AvgIpc) is 3.67. The molecule has 41 heavy (non-hydrogen) atoms. The molecular formula is C26H29N11O4. The molecule has 0 bridgehead atoms. The van der Waals surface area contributed by atoms with Gasteiger partial charge in [0.15, 0.2) is 17.6 Å². The van der Waals surface area contributed by atoms with E-state index in [1.54, 1.807) is 4.68 Å². The number of nitrogen functional groups attached to an aromatic ring is 1. The third-order valence-electron chi connectivity index (χ3n) is 6.70. The molecule has 0 unspecified atom stereocenters. The lowest BCUT2D eigenvalue weighted by Gasteiger charge is -2.12. The van der Waals surface area contributed by atoms with Crippen molar-refractivity contribution >= 4 is 17.0 Å². The molecule has 1 fully saturated rings. The zero-order valence-corrected chi connectivity index (χ0v) is 22.1. The lowest BCUT2D eigenvalue weighted by molar-refractivity contribution is -0.0470. The quantitative estimate of drug-likeness (QED) is 0.0727. The van der Waals surface area contributed by atoms with Crippen molar-refractivity contribution in [3.63, 3.8) is 0 Å². The highest BCUT2D eigenvalue weighted by Gasteiger charge is 2.36. The predicted octanol–water partition coefficient (Wildman–Crippen LogP) is 1.56. The molecule has 15 heteroatoms. The van der Waals surface area contributed by atoms with Crippen LogP contribution < -0.4 is 11.3 Å². The summed E-state index contributed by atoms with van der Waals surface area (Å²) in [6.45, 7) is 0.572. The van der Waals surface area contributed by atoms with Crippen molar-refractivity contribution in [3.8, 4) is 11.8 Å². The largest absolute Gasteiger partial charge is 0.394 e. The molecule has 1 aliphatic rings. The lowest BCUT2D eigenvalue weighted by atomic mass is 10.1. The summed E-state index contributed by atoms with van der Waals surface area (Å²) >= 11 is 0. The van der Waals surface area contributed by atoms with Gasteiger partial charge >= 0.3 is 0 Å². The Morgan fingerprint density at radius 1 is 1.27 bits per heavy atom. The van der Waals surface area contributed by atoms with E-state index in [2.05, 4.69) is 47.2 Å². The van der Waals surface area contributed by atoms with E-state index in [0.29, 0.717) is 19.5 Å². The van der Waals surface area contributed by atoms with Crippen LogP contribution in [0.2, 0.25) is 0 Å². The van der Waals surface area contributed by atoms with E-state index in [1.165, 1.54) is 4.68 Å². The number of unbranched alkanes of at least 4 members (excludes halogenated alkanes) is 2. The molecule has 1 aromatic carbocycles. The Kier molecular flexibility index (Phi) is 8.56. The summed E-state index contributed by atoms with van der Waals surface area (Å²) in [5, 5.41) is 36.2. The number of nitrogens with one attached hydrogen (secondary N) is 1. The van der Waals surface area contributed by atoms with Gasteiger partial charge in [-0.3, -0.25) is 9.78 Å². The van der Waals surface area contributed by atoms with Crippen LogP contribution in [-0.4, -0.2) is 63.8 Å². The summed E-state index contributed by atoms with van der Waals surface area (Å²) in [5.41, 5.74) is 17.1. The molecule has 5 N–H and O–H groups in total. The smallest absolute Gasteiger partial charge is 0.264 e. The van der Waals surface area contributed by atoms with Gasteiger partial charge in [-0.15, -0.1) is 5.10 Å². The van der Waals surface area contributed by atoms with E-state index in [9.17, 15) is 15.0 Å². The Labute approximate surface area is 233 Å². The number of azide groups is 1. The van der Waals surface area contributed by atoms with Crippen LogP contribution in [0.1, 0.15) is 54.4 Å². The Morgan fingerprint density at radius 3 is 2.83 bits per heavy atom. The van der Waals surface area contributed by atoms with Crippen LogP contribution in [0.5, 0.6) is 0 Å². The van der Waals surface area contributed by atoms with E-state index in [0.717, 1.165) is 36.1 Å². The van der Waals surface area contributed by atoms with Crippen molar-refractivity contribution in [2.75, 3.05) is 12.3 Å². The van der Waals surface area contributed by atoms with Crippen LogP contribution in [0, 0.1) is 11.8 Å². The zero-order valence-electron chi connectivity index (χ0n) is 22.1. The molecule has 15 nitrogen and oxygen atoms in total. The van der Waals surface area contributed by atoms with Crippen LogP contribution >= 0.6 is 0 Å². The van der Waals surface area contributed by atoms with Crippen molar-refractivity contribution in [3.05, 3.63) is 73.8 Å². The minimum absolute atomic E-state index is 0.0718. The first-order valence-corrected chi connectivity index (χ1v) is 13.1. The fourth-order valence-electron chi connectivity index (χ4n) is 4.63. The van der Waals surface area contributed by atoms with E-state index in [1.807, 2.05) is 30.5 Å². The molecular weight excluding hydrogens is 530 g/mol. The molecule has 0 radical (unpaired) electrons. The first-order chi connectivity index (χ1) is 19.9. The Bertz CT molecular complexity index is 1680. The molecule has 3 atom stereocenters. The molecule has 1 saturated heterocycles. The van der Waals surface area contributed by atoms with E-state index < -0.39 is 24.0 Å². The number of aliphatic hydroxyl groups excluding tert-OH is 2. The average molecular weight is 560 g/mol. The van der Waals surface area contributed by atoms with Crippen LogP contribution in [0.15, 0.2) is 40.4 Å². The fraction of sp³-hybridized carbons (Fsp3) is 0.423. The highest BCUT2D eigenvalue weighted by molar-refractivity contribution is 5.81. The molecule has 0 amide bonds. The van der Waals surface area contributed by atoms with Gasteiger partial charge in [0.1, 0.15) is 11.5 Å². The molecule has 5 rings (SSSR count). The maximum Gasteiger partial charge on any atom is 0.264 e. The minimum Gasteiger partial charge on any atom is -0.394 e. The summed E-state index contributed by atoms with van der Waals surface area (Å²) in [6, 6.07) is 7.81. The maximum atomic E-state index is 12.6. The number of aromatic amines is 1. The van der Waals surface area contributed by atoms with Crippen molar-refractivity contribution in [1.29, 1.82) is 0 Å². The third-order valence-corrected chi connectivity index (χ3v) is 6.70. The van der Waals surface area contributed by atoms with Gasteiger partial charge in [0.2, 0.25) is 5.95 Å². The molecule has 212 valence electrons. The Morgan fingerprint density at radius 2 is 2.07 bits per heavy atom. The zero-order chi connectivity index (χ0) is 28.8. The van der Waals surface area contributed by atoms with Crippen molar-refractivity contribution in [2.45, 2.75) is 63.6 Å². The van der Waals surface area contributed by atoms with Gasteiger partial charge < -0.3 is 20.7 Å². The van der Waals surface area contributed by atoms with Gasteiger partial charge in [-0.1, -0.05) is 40.5 Å². The van der Waals surface area contributed by atoms with Gasteiger partial charge in [0.25, 0.3) is 5.56 Å². The molecule has 0 aliphatic carbocycles. The predicted molar refractivity (Wildman–Crippen MR) is 147 cm³/mol. The summed E-state index contributed by atoms with van der Waals surface area (Å²) in [6.07, 6.45) is 2.75. The van der Waals surface area contributed by atoms with Gasteiger partial charge in [-0.2, -0.15) is 10.1 Å². The highest BCUT2D eigenvalue weighted by Crippen LogP contribution is 2.30. The molecule has 4 heterocycles. The molecule has 3 aromatic heterocycles. The first-order valence-electron chi connectivity index (χ1n) is 13.1. The number of rotatable bonds is 10. The molecule has 1 aliphatic heterocycles. The number of hydrogen-bond acceptors (Lipinski definition) is 10. The summed E-state index contributed by atoms with van der Waals surface area (Å²) < 4.78 is 8.87. The van der Waals surface area contributed by atoms with Crippen molar-refractivity contribution < 1.29 is 14.9 Å². The number of ether oxygens (including phenoxy) is 1. The van der Waals surface area contributed by atoms with Crippen LogP contribution in [0.3, 0.4) is 0 Å². The monoisotopic (exact) mass is 559 g/mol. The topological polar surface area (TPSA) is 219 Å². The van der Waals surface area contributed by atoms with E-state index in [4.69, 9.17) is 16.0 Å². The number of H-pyrrole nitrogens is 1. The number of anilines is 1. The van der Waals surface area contributed by atoms with Crippen LogP contribution in [-0.2, 0) is 24.2 Å². The maximum absolute atomic E-state index is 12.6. The summed E-state index contributed by atoms with van der Waals surface area (Å²) in [5.74, 6) is 5.97. The Balaban J connectivity index is 1.17. The summed E-state index contributed by atoms with van der Waals surface area (Å²) in [7, 11) is 0. The van der Waals surface area contributed by atoms with Gasteiger partial charge in [0, 0.05) is 24.0 Å². The van der Waals surface area contributed by atoms with Crippen molar-refractivity contribution in [2.24, 2.45) is 5.11 Å². The molecule has 0 saturated carbocycles. The normalized spacial score (nSPS) is 18.2. The van der Waals surface area contributed by atoms with Gasteiger partial charge in [0.05, 0.1) is 31.5 Å². The van der Waals surface area contributed by atoms with Crippen LogP contribution in [0.25, 0.3) is 21.5 Å². The number of aliphatic hydroxyl groups is 2. The van der Waals surface area contributed by atoms with Crippen LogP contribution in [0.4, 0.5) is 5.95 Å². The lowest BCUT2D eigenvalue weighted by Crippen LogP contribution is -2.24. The SMILES string of the molecule is [N-]=[N+]=NCc1ccc(Cn2cc(CCCCC#Cc3nn([C@H]4C[C@H](O)[C@@H](CO)O4)c4nc(N)[nH]c(=O)c34)nn2)cc1. The Hall–Kier alpha value is -4.74. The number of benzene rings is 1. The van der Waals surface area contributed by atoms with Gasteiger partial charge in [-0.05, 0) is 41.8 Å².